The van der Waals surface area contributed by atoms with Crippen LogP contribution in [0.25, 0.3) is 0 Å². The molecule has 10 heteroatoms. The number of benzene rings is 1. The minimum Gasteiger partial charge on any atom is -0.301 e. The van der Waals surface area contributed by atoms with Crippen LogP contribution >= 0.6 is 11.3 Å². The molecule has 1 aromatic carbocycles. The van der Waals surface area contributed by atoms with E-state index in [4.69, 9.17) is 0 Å². The Hall–Kier alpha value is -1.94. The third kappa shape index (κ3) is 5.79. The summed E-state index contributed by atoms with van der Waals surface area (Å²) in [5, 5.41) is 4.78. The summed E-state index contributed by atoms with van der Waals surface area (Å²) < 4.78 is 62.6. The molecule has 3 rings (SSSR count). The number of halogens is 3. The lowest BCUT2D eigenvalue weighted by atomic mass is 9.86. The highest BCUT2D eigenvalue weighted by Crippen LogP contribution is 2.38. The molecule has 0 aliphatic heterocycles. The third-order valence-corrected chi connectivity index (χ3v) is 6.45. The van der Waals surface area contributed by atoms with Crippen molar-refractivity contribution in [3.05, 3.63) is 46.5 Å². The Kier molecular flexibility index (Phi) is 6.94. The molecule has 1 aliphatic rings. The van der Waals surface area contributed by atoms with Crippen LogP contribution in [0.2, 0.25) is 0 Å². The SMILES string of the molecule is O=C(Nc1nccs1)C(CC1CCCC1)c1ccc(C[SH](=O)=O)c(C(F)(F)F)c1. The molecule has 1 unspecified atom stereocenters. The molecule has 1 atom stereocenters. The molecular formula is C19H21F3N2O3S2. The summed E-state index contributed by atoms with van der Waals surface area (Å²) in [5.41, 5.74) is -1.08. The van der Waals surface area contributed by atoms with Gasteiger partial charge in [0.2, 0.25) is 5.91 Å². The van der Waals surface area contributed by atoms with Gasteiger partial charge in [-0.25, -0.2) is 13.4 Å². The number of hydrogen-bond acceptors (Lipinski definition) is 5. The normalized spacial score (nSPS) is 16.3. The first-order valence-corrected chi connectivity index (χ1v) is 11.5. The molecule has 0 radical (unpaired) electrons. The highest BCUT2D eigenvalue weighted by atomic mass is 32.2. The first-order valence-electron chi connectivity index (χ1n) is 9.26. The van der Waals surface area contributed by atoms with Gasteiger partial charge in [0.05, 0.1) is 17.2 Å². The van der Waals surface area contributed by atoms with Crippen molar-refractivity contribution in [2.75, 3.05) is 5.32 Å². The molecule has 0 saturated heterocycles. The van der Waals surface area contributed by atoms with Crippen molar-refractivity contribution >= 4 is 33.1 Å². The number of nitrogens with zero attached hydrogens (tertiary/aromatic N) is 1. The molecule has 1 N–H and O–H groups in total. The topological polar surface area (TPSA) is 76.1 Å². The minimum atomic E-state index is -4.71. The average Bonchev–Trinajstić information content (AvgIpc) is 3.32. The summed E-state index contributed by atoms with van der Waals surface area (Å²) in [6.45, 7) is 0. The van der Waals surface area contributed by atoms with E-state index >= 15 is 0 Å². The number of aromatic nitrogens is 1. The summed E-state index contributed by atoms with van der Waals surface area (Å²) >= 11 is 1.23. The zero-order valence-corrected chi connectivity index (χ0v) is 17.2. The van der Waals surface area contributed by atoms with Crippen LogP contribution in [0.5, 0.6) is 0 Å². The second-order valence-corrected chi connectivity index (χ2v) is 9.05. The van der Waals surface area contributed by atoms with E-state index in [1.54, 1.807) is 5.38 Å². The Balaban J connectivity index is 1.95. The number of rotatable bonds is 7. The minimum absolute atomic E-state index is 0.239. The van der Waals surface area contributed by atoms with Crippen molar-refractivity contribution in [2.24, 2.45) is 5.92 Å². The smallest absolute Gasteiger partial charge is 0.301 e. The Morgan fingerprint density at radius 2 is 2.00 bits per heavy atom. The number of carbonyl (C=O) groups is 1. The molecule has 2 aromatic rings. The molecule has 158 valence electrons. The van der Waals surface area contributed by atoms with Gasteiger partial charge in [0.15, 0.2) is 5.13 Å². The van der Waals surface area contributed by atoms with Crippen LogP contribution in [0, 0.1) is 5.92 Å². The van der Waals surface area contributed by atoms with Crippen molar-refractivity contribution < 1.29 is 26.4 Å². The van der Waals surface area contributed by atoms with Gasteiger partial charge in [-0.05, 0) is 29.5 Å². The van der Waals surface area contributed by atoms with E-state index in [2.05, 4.69) is 10.3 Å². The maximum Gasteiger partial charge on any atom is 0.416 e. The average molecular weight is 447 g/mol. The maximum absolute atomic E-state index is 13.5. The molecule has 29 heavy (non-hydrogen) atoms. The molecule has 1 heterocycles. The van der Waals surface area contributed by atoms with Crippen molar-refractivity contribution in [3.8, 4) is 0 Å². The van der Waals surface area contributed by atoms with Gasteiger partial charge in [-0.15, -0.1) is 11.3 Å². The van der Waals surface area contributed by atoms with Gasteiger partial charge in [-0.2, -0.15) is 13.2 Å². The highest BCUT2D eigenvalue weighted by Gasteiger charge is 2.35. The number of hydrogen-bond donors (Lipinski definition) is 2. The number of nitrogens with one attached hydrogen (secondary N) is 1. The Morgan fingerprint density at radius 1 is 1.28 bits per heavy atom. The molecule has 0 bridgehead atoms. The fraction of sp³-hybridized carbons (Fsp3) is 0.474. The second-order valence-electron chi connectivity index (χ2n) is 7.17. The van der Waals surface area contributed by atoms with E-state index < -0.39 is 40.0 Å². The molecular weight excluding hydrogens is 425 g/mol. The van der Waals surface area contributed by atoms with E-state index in [1.165, 1.54) is 29.7 Å². The fourth-order valence-electron chi connectivity index (χ4n) is 3.80. The highest BCUT2D eigenvalue weighted by molar-refractivity contribution is 7.71. The van der Waals surface area contributed by atoms with Gasteiger partial charge >= 0.3 is 6.18 Å². The maximum atomic E-state index is 13.5. The van der Waals surface area contributed by atoms with Crippen molar-refractivity contribution in [3.63, 3.8) is 0 Å². The number of anilines is 1. The summed E-state index contributed by atoms with van der Waals surface area (Å²) in [7, 11) is -3.00. The molecule has 1 saturated carbocycles. The molecule has 0 spiro atoms. The number of carbonyl (C=O) groups excluding carboxylic acids is 1. The van der Waals surface area contributed by atoms with Crippen molar-refractivity contribution in [1.29, 1.82) is 0 Å². The van der Waals surface area contributed by atoms with Crippen molar-refractivity contribution in [1.82, 2.24) is 4.98 Å². The van der Waals surface area contributed by atoms with E-state index in [0.29, 0.717) is 11.6 Å². The van der Waals surface area contributed by atoms with E-state index in [-0.39, 0.29) is 17.0 Å². The first kappa shape index (κ1) is 21.8. The first-order chi connectivity index (χ1) is 13.7. The van der Waals surface area contributed by atoms with E-state index in [9.17, 15) is 26.4 Å². The van der Waals surface area contributed by atoms with Crippen LogP contribution in [0.15, 0.2) is 29.8 Å². The number of thiol groups is 1. The van der Waals surface area contributed by atoms with E-state index in [0.717, 1.165) is 31.7 Å². The summed E-state index contributed by atoms with van der Waals surface area (Å²) in [5.74, 6) is -1.59. The quantitative estimate of drug-likeness (QED) is 0.611. The largest absolute Gasteiger partial charge is 0.416 e. The summed E-state index contributed by atoms with van der Waals surface area (Å²) in [6.07, 6.45) is 1.27. The lowest BCUT2D eigenvalue weighted by Gasteiger charge is -2.22. The summed E-state index contributed by atoms with van der Waals surface area (Å²) in [4.78, 5) is 16.9. The van der Waals surface area contributed by atoms with E-state index in [1.807, 2.05) is 0 Å². The van der Waals surface area contributed by atoms with Gasteiger partial charge in [-0.1, -0.05) is 37.8 Å². The van der Waals surface area contributed by atoms with Crippen LogP contribution in [0.4, 0.5) is 18.3 Å². The molecule has 1 fully saturated rings. The Bertz CT molecular complexity index is 913. The zero-order valence-electron chi connectivity index (χ0n) is 15.4. The number of thiazole rings is 1. The molecule has 5 nitrogen and oxygen atoms in total. The van der Waals surface area contributed by atoms with Gasteiger partial charge in [0.1, 0.15) is 10.7 Å². The van der Waals surface area contributed by atoms with Crippen molar-refractivity contribution in [2.45, 2.75) is 50.0 Å². The fourth-order valence-corrected chi connectivity index (χ4v) is 4.89. The van der Waals surface area contributed by atoms with Gasteiger partial charge in [-0.3, -0.25) is 4.79 Å². The second kappa shape index (κ2) is 9.25. The lowest BCUT2D eigenvalue weighted by Crippen LogP contribution is -2.24. The Labute approximate surface area is 172 Å². The van der Waals surface area contributed by atoms with Crippen LogP contribution in [-0.4, -0.2) is 19.3 Å². The van der Waals surface area contributed by atoms with Crippen LogP contribution in [-0.2, 0) is 27.4 Å². The molecule has 1 aromatic heterocycles. The number of alkyl halides is 3. The standard InChI is InChI=1S/C19H21F3N2O3S2/c20-19(21,22)16-10-13(5-6-14(16)11-29(26)27)15(9-12-3-1-2-4-12)17(25)24-18-23-7-8-28-18/h5-8,10,12,15,29H,1-4,9,11H2,(H,23,24,25). The van der Waals surface area contributed by atoms with Gasteiger partial charge in [0.25, 0.3) is 0 Å². The Morgan fingerprint density at radius 3 is 2.59 bits per heavy atom. The summed E-state index contributed by atoms with van der Waals surface area (Å²) in [6, 6.07) is 3.53. The van der Waals surface area contributed by atoms with Crippen LogP contribution < -0.4 is 5.32 Å². The molecule has 1 aliphatic carbocycles. The number of amides is 1. The molecule has 1 amide bonds. The predicted molar refractivity (Wildman–Crippen MR) is 106 cm³/mol. The van der Waals surface area contributed by atoms with Crippen LogP contribution in [0.1, 0.15) is 54.7 Å². The van der Waals surface area contributed by atoms with Gasteiger partial charge < -0.3 is 5.32 Å². The lowest BCUT2D eigenvalue weighted by molar-refractivity contribution is -0.138. The van der Waals surface area contributed by atoms with Crippen LogP contribution in [0.3, 0.4) is 0 Å². The zero-order chi connectivity index (χ0) is 21.0. The van der Waals surface area contributed by atoms with Gasteiger partial charge in [0, 0.05) is 11.6 Å². The predicted octanol–water partition coefficient (Wildman–Crippen LogP) is 4.58. The third-order valence-electron chi connectivity index (χ3n) is 5.16. The monoisotopic (exact) mass is 446 g/mol.